The minimum Gasteiger partial charge on any atom is -0.493 e. The fourth-order valence-corrected chi connectivity index (χ4v) is 3.46. The summed E-state index contributed by atoms with van der Waals surface area (Å²) in [5.41, 5.74) is 0.111. The highest BCUT2D eigenvalue weighted by Gasteiger charge is 2.39. The summed E-state index contributed by atoms with van der Waals surface area (Å²) < 4.78 is 21.5. The van der Waals surface area contributed by atoms with Crippen molar-refractivity contribution in [3.8, 4) is 17.2 Å². The molecule has 1 unspecified atom stereocenters. The van der Waals surface area contributed by atoms with E-state index in [1.54, 1.807) is 7.05 Å². The lowest BCUT2D eigenvalue weighted by atomic mass is 9.86. The van der Waals surface area contributed by atoms with Gasteiger partial charge >= 0.3 is 11.3 Å². The number of amides is 1. The zero-order valence-corrected chi connectivity index (χ0v) is 18.5. The van der Waals surface area contributed by atoms with Gasteiger partial charge in [0.05, 0.1) is 26.9 Å². The van der Waals surface area contributed by atoms with Crippen molar-refractivity contribution in [2.45, 2.75) is 18.9 Å². The SMILES string of the molecule is CCC(COC(=O)c1cc(OC)c(OC)c(OC)c1)(c1ccccc1)N(C)C(=O)Cl. The molecule has 1 amide bonds. The Hall–Kier alpha value is -2.93. The van der Waals surface area contributed by atoms with Gasteiger partial charge in [-0.05, 0) is 35.7 Å². The summed E-state index contributed by atoms with van der Waals surface area (Å²) >= 11 is 5.79. The van der Waals surface area contributed by atoms with Gasteiger partial charge in [0.1, 0.15) is 12.1 Å². The molecule has 0 saturated heterocycles. The Morgan fingerprint density at radius 3 is 2.00 bits per heavy atom. The van der Waals surface area contributed by atoms with Gasteiger partial charge in [0.2, 0.25) is 5.75 Å². The van der Waals surface area contributed by atoms with Crippen LogP contribution in [0.25, 0.3) is 0 Å². The third-order valence-electron chi connectivity index (χ3n) is 5.14. The number of methoxy groups -OCH3 is 3. The monoisotopic (exact) mass is 435 g/mol. The number of esters is 1. The molecule has 0 saturated carbocycles. The van der Waals surface area contributed by atoms with Gasteiger partial charge in [0.15, 0.2) is 11.5 Å². The van der Waals surface area contributed by atoms with Crippen LogP contribution in [0.5, 0.6) is 17.2 Å². The molecule has 0 heterocycles. The molecule has 2 rings (SSSR count). The van der Waals surface area contributed by atoms with Crippen molar-refractivity contribution in [1.82, 2.24) is 4.90 Å². The summed E-state index contributed by atoms with van der Waals surface area (Å²) in [6.07, 6.45) is 0.481. The topological polar surface area (TPSA) is 74.3 Å². The molecule has 1 atom stereocenters. The fraction of sp³-hybridized carbons (Fsp3) is 0.364. The lowest BCUT2D eigenvalue weighted by Crippen LogP contribution is -2.48. The quantitative estimate of drug-likeness (QED) is 0.329. The van der Waals surface area contributed by atoms with Crippen LogP contribution in [0.15, 0.2) is 42.5 Å². The lowest BCUT2D eigenvalue weighted by Gasteiger charge is -2.40. The van der Waals surface area contributed by atoms with E-state index in [1.165, 1.54) is 38.4 Å². The van der Waals surface area contributed by atoms with Gasteiger partial charge in [-0.15, -0.1) is 0 Å². The summed E-state index contributed by atoms with van der Waals surface area (Å²) in [6.45, 7) is 1.81. The number of hydrogen-bond donors (Lipinski definition) is 0. The Kier molecular flexibility index (Phi) is 7.94. The van der Waals surface area contributed by atoms with Crippen molar-refractivity contribution in [2.24, 2.45) is 0 Å². The number of likely N-dealkylation sites (N-methyl/N-ethyl adjacent to an activating group) is 1. The minimum absolute atomic E-state index is 0.0854. The summed E-state index contributed by atoms with van der Waals surface area (Å²) in [4.78, 5) is 26.2. The van der Waals surface area contributed by atoms with Crippen molar-refractivity contribution in [1.29, 1.82) is 0 Å². The van der Waals surface area contributed by atoms with E-state index < -0.39 is 16.9 Å². The number of benzene rings is 2. The summed E-state index contributed by atoms with van der Waals surface area (Å²) in [7, 11) is 5.99. The predicted molar refractivity (Wildman–Crippen MR) is 114 cm³/mol. The van der Waals surface area contributed by atoms with Gasteiger partial charge in [-0.3, -0.25) is 4.79 Å². The minimum atomic E-state index is -0.920. The zero-order valence-electron chi connectivity index (χ0n) is 17.7. The molecular weight excluding hydrogens is 410 g/mol. The Labute approximate surface area is 181 Å². The highest BCUT2D eigenvalue weighted by Crippen LogP contribution is 2.39. The van der Waals surface area contributed by atoms with Crippen molar-refractivity contribution >= 4 is 22.9 Å². The number of hydrogen-bond acceptors (Lipinski definition) is 6. The summed E-state index contributed by atoms with van der Waals surface area (Å²) in [6, 6.07) is 12.3. The van der Waals surface area contributed by atoms with Gasteiger partial charge < -0.3 is 23.8 Å². The van der Waals surface area contributed by atoms with Crippen molar-refractivity contribution in [3.63, 3.8) is 0 Å². The number of rotatable bonds is 9. The molecular formula is C22H26ClNO6. The molecule has 8 heteroatoms. The largest absolute Gasteiger partial charge is 0.493 e. The van der Waals surface area contributed by atoms with Crippen LogP contribution in [0, 0.1) is 0 Å². The van der Waals surface area contributed by atoms with Crippen LogP contribution in [0.4, 0.5) is 4.79 Å². The second-order valence-corrected chi connectivity index (χ2v) is 6.88. The highest BCUT2D eigenvalue weighted by molar-refractivity contribution is 6.62. The molecule has 30 heavy (non-hydrogen) atoms. The first kappa shape index (κ1) is 23.3. The van der Waals surface area contributed by atoms with Crippen LogP contribution in [-0.4, -0.2) is 51.2 Å². The zero-order chi connectivity index (χ0) is 22.3. The van der Waals surface area contributed by atoms with E-state index >= 15 is 0 Å². The number of carbonyl (C=O) groups excluding carboxylic acids is 2. The van der Waals surface area contributed by atoms with Gasteiger partial charge in [0.25, 0.3) is 0 Å². The van der Waals surface area contributed by atoms with Gasteiger partial charge in [-0.1, -0.05) is 37.3 Å². The standard InChI is InChI=1S/C22H26ClNO6/c1-6-22(24(2)21(23)26,16-10-8-7-9-11-16)14-30-20(25)15-12-17(27-3)19(29-5)18(13-15)28-4/h7-13H,6,14H2,1-5H3. The highest BCUT2D eigenvalue weighted by atomic mass is 35.5. The van der Waals surface area contributed by atoms with E-state index in [2.05, 4.69) is 0 Å². The predicted octanol–water partition coefficient (Wildman–Crippen LogP) is 4.47. The maximum absolute atomic E-state index is 12.9. The maximum Gasteiger partial charge on any atom is 0.338 e. The van der Waals surface area contributed by atoms with Gasteiger partial charge in [-0.2, -0.15) is 0 Å². The number of ether oxygens (including phenoxy) is 4. The first-order valence-electron chi connectivity index (χ1n) is 9.30. The van der Waals surface area contributed by atoms with Crippen LogP contribution >= 0.6 is 11.6 Å². The average molecular weight is 436 g/mol. The second kappa shape index (κ2) is 10.2. The normalized spacial score (nSPS) is 12.5. The molecule has 2 aromatic carbocycles. The molecule has 0 bridgehead atoms. The van der Waals surface area contributed by atoms with E-state index in [9.17, 15) is 9.59 Å². The van der Waals surface area contributed by atoms with E-state index in [1.807, 2.05) is 37.3 Å². The van der Waals surface area contributed by atoms with Crippen LogP contribution in [-0.2, 0) is 10.3 Å². The first-order chi connectivity index (χ1) is 14.3. The number of nitrogens with zero attached hydrogens (tertiary/aromatic N) is 1. The second-order valence-electron chi connectivity index (χ2n) is 6.55. The van der Waals surface area contributed by atoms with E-state index in [4.69, 9.17) is 30.5 Å². The number of halogens is 1. The average Bonchev–Trinajstić information content (AvgIpc) is 2.78. The molecule has 0 aromatic heterocycles. The maximum atomic E-state index is 12.9. The van der Waals surface area contributed by atoms with Crippen LogP contribution < -0.4 is 14.2 Å². The molecule has 7 nitrogen and oxygen atoms in total. The van der Waals surface area contributed by atoms with Gasteiger partial charge in [0, 0.05) is 7.05 Å². The lowest BCUT2D eigenvalue weighted by molar-refractivity contribution is 0.0177. The van der Waals surface area contributed by atoms with Crippen LogP contribution in [0.1, 0.15) is 29.3 Å². The Bertz CT molecular complexity index is 863. The molecule has 2 aromatic rings. The smallest absolute Gasteiger partial charge is 0.338 e. The summed E-state index contributed by atoms with van der Waals surface area (Å²) in [5, 5.41) is -0.649. The molecule has 0 radical (unpaired) electrons. The van der Waals surface area contributed by atoms with Crippen molar-refractivity contribution in [3.05, 3.63) is 53.6 Å². The third kappa shape index (κ3) is 4.62. The van der Waals surface area contributed by atoms with Crippen LogP contribution in [0.2, 0.25) is 0 Å². The van der Waals surface area contributed by atoms with Gasteiger partial charge in [-0.25, -0.2) is 4.79 Å². The van der Waals surface area contributed by atoms with Crippen molar-refractivity contribution in [2.75, 3.05) is 35.0 Å². The summed E-state index contributed by atoms with van der Waals surface area (Å²) in [5.74, 6) is 0.443. The van der Waals surface area contributed by atoms with E-state index in [0.717, 1.165) is 5.56 Å². The molecule has 0 N–H and O–H groups in total. The third-order valence-corrected chi connectivity index (χ3v) is 5.40. The van der Waals surface area contributed by atoms with Crippen molar-refractivity contribution < 1.29 is 28.5 Å². The fourth-order valence-electron chi connectivity index (χ4n) is 3.30. The molecule has 0 spiro atoms. The van der Waals surface area contributed by atoms with E-state index in [0.29, 0.717) is 23.7 Å². The molecule has 162 valence electrons. The van der Waals surface area contributed by atoms with E-state index in [-0.39, 0.29) is 12.2 Å². The molecule has 0 aliphatic heterocycles. The Morgan fingerprint density at radius 2 is 1.57 bits per heavy atom. The number of carbonyl (C=O) groups is 2. The molecule has 0 fully saturated rings. The first-order valence-corrected chi connectivity index (χ1v) is 9.68. The molecule has 0 aliphatic carbocycles. The Morgan fingerprint density at radius 1 is 1.00 bits per heavy atom. The van der Waals surface area contributed by atoms with Crippen LogP contribution in [0.3, 0.4) is 0 Å². The molecule has 0 aliphatic rings. The Balaban J connectivity index is 2.38.